The molecule has 2 aromatic rings. The predicted octanol–water partition coefficient (Wildman–Crippen LogP) is 1.92. The molecular formula is C11H9NO7. The molecule has 1 atom stereocenters. The smallest absolute Gasteiger partial charge is 0.458 e. The number of nitro groups is 1. The zero-order valence-electron chi connectivity index (χ0n) is 10.0. The lowest BCUT2D eigenvalue weighted by Gasteiger charge is -2.11. The van der Waals surface area contributed by atoms with Gasteiger partial charge >= 0.3 is 17.5 Å². The van der Waals surface area contributed by atoms with E-state index in [-0.39, 0.29) is 11.2 Å². The minimum Gasteiger partial charge on any atom is -0.458 e. The number of nitro benzene ring substituents is 1. The molecule has 19 heavy (non-hydrogen) atoms. The average molecular weight is 267 g/mol. The van der Waals surface area contributed by atoms with Gasteiger partial charge in [0, 0.05) is 18.6 Å². The number of ether oxygens (including phenoxy) is 1. The average Bonchev–Trinajstić information content (AvgIpc) is 2.66. The molecule has 2 rings (SSSR count). The van der Waals surface area contributed by atoms with Crippen LogP contribution in [0.1, 0.15) is 25.5 Å². The Labute approximate surface area is 105 Å². The zero-order valence-corrected chi connectivity index (χ0v) is 10.0. The van der Waals surface area contributed by atoms with Gasteiger partial charge < -0.3 is 13.6 Å². The van der Waals surface area contributed by atoms with E-state index in [4.69, 9.17) is 4.74 Å². The molecule has 0 spiro atoms. The van der Waals surface area contributed by atoms with Crippen LogP contribution in [0.3, 0.4) is 0 Å². The summed E-state index contributed by atoms with van der Waals surface area (Å²) in [4.78, 5) is 32.1. The topological polar surface area (TPSA) is 113 Å². The number of hydrogen-bond acceptors (Lipinski definition) is 7. The molecule has 8 heteroatoms. The minimum absolute atomic E-state index is 0.0618. The van der Waals surface area contributed by atoms with Crippen molar-refractivity contribution in [3.05, 3.63) is 38.4 Å². The Morgan fingerprint density at radius 1 is 1.42 bits per heavy atom. The predicted molar refractivity (Wildman–Crippen MR) is 61.6 cm³/mol. The summed E-state index contributed by atoms with van der Waals surface area (Å²) in [5.74, 6) is -1.56. The first-order valence-corrected chi connectivity index (χ1v) is 5.27. The number of nitrogens with zero attached hydrogens (tertiary/aromatic N) is 1. The van der Waals surface area contributed by atoms with Gasteiger partial charge in [0.1, 0.15) is 6.10 Å². The Hall–Kier alpha value is -2.64. The van der Waals surface area contributed by atoms with Crippen molar-refractivity contribution < 1.29 is 23.3 Å². The summed E-state index contributed by atoms with van der Waals surface area (Å²) >= 11 is 0. The first kappa shape index (κ1) is 12.8. The monoisotopic (exact) mass is 267 g/mol. The molecule has 1 unspecified atom stereocenters. The van der Waals surface area contributed by atoms with Crippen molar-refractivity contribution in [1.82, 2.24) is 0 Å². The van der Waals surface area contributed by atoms with Gasteiger partial charge in [-0.3, -0.25) is 14.9 Å². The fraction of sp³-hybridized carbons (Fsp3) is 0.273. The lowest BCUT2D eigenvalue weighted by molar-refractivity contribution is -0.383. The van der Waals surface area contributed by atoms with Crippen molar-refractivity contribution in [2.24, 2.45) is 0 Å². The maximum absolute atomic E-state index is 11.0. The summed E-state index contributed by atoms with van der Waals surface area (Å²) < 4.78 is 14.2. The van der Waals surface area contributed by atoms with Gasteiger partial charge in [-0.15, -0.1) is 0 Å². The molecule has 0 saturated heterocycles. The number of fused-ring (bicyclic) bond motifs is 1. The number of benzene rings is 1. The van der Waals surface area contributed by atoms with E-state index in [9.17, 15) is 19.7 Å². The fourth-order valence-electron chi connectivity index (χ4n) is 1.67. The summed E-state index contributed by atoms with van der Waals surface area (Å²) in [6.07, 6.45) is -0.708. The van der Waals surface area contributed by atoms with Crippen molar-refractivity contribution in [1.29, 1.82) is 0 Å². The van der Waals surface area contributed by atoms with E-state index >= 15 is 0 Å². The van der Waals surface area contributed by atoms with Crippen molar-refractivity contribution in [3.63, 3.8) is 0 Å². The van der Waals surface area contributed by atoms with Crippen molar-refractivity contribution in [2.45, 2.75) is 20.0 Å². The third-order valence-corrected chi connectivity index (χ3v) is 2.45. The quantitative estimate of drug-likeness (QED) is 0.474. The fourth-order valence-corrected chi connectivity index (χ4v) is 1.67. The molecule has 0 radical (unpaired) electrons. The maximum Gasteiger partial charge on any atom is 0.519 e. The number of non-ortho nitro benzene ring substituents is 1. The summed E-state index contributed by atoms with van der Waals surface area (Å²) in [6, 6.07) is 2.54. The van der Waals surface area contributed by atoms with E-state index in [0.29, 0.717) is 5.56 Å². The van der Waals surface area contributed by atoms with E-state index in [1.165, 1.54) is 19.1 Å². The van der Waals surface area contributed by atoms with Crippen molar-refractivity contribution in [3.8, 4) is 0 Å². The molecule has 0 aliphatic rings. The van der Waals surface area contributed by atoms with Gasteiger partial charge in [0.05, 0.1) is 4.92 Å². The highest BCUT2D eigenvalue weighted by Gasteiger charge is 2.23. The summed E-state index contributed by atoms with van der Waals surface area (Å²) in [5.41, 5.74) is -0.390. The van der Waals surface area contributed by atoms with E-state index in [1.807, 2.05) is 0 Å². The highest BCUT2D eigenvalue weighted by atomic mass is 16.6. The van der Waals surface area contributed by atoms with Gasteiger partial charge in [-0.2, -0.15) is 0 Å². The highest BCUT2D eigenvalue weighted by molar-refractivity contribution is 5.81. The summed E-state index contributed by atoms with van der Waals surface area (Å²) in [5, 5.41) is 10.9. The SMILES string of the molecule is CC(=O)OC(C)c1cc([N+](=O)[O-])c2oc(=O)oc2c1. The second-order valence-electron chi connectivity index (χ2n) is 3.83. The van der Waals surface area contributed by atoms with Crippen LogP contribution >= 0.6 is 0 Å². The van der Waals surface area contributed by atoms with Crippen molar-refractivity contribution in [2.75, 3.05) is 0 Å². The molecule has 0 N–H and O–H groups in total. The van der Waals surface area contributed by atoms with Crippen LogP contribution in [0.4, 0.5) is 5.69 Å². The lowest BCUT2D eigenvalue weighted by atomic mass is 10.1. The second-order valence-corrected chi connectivity index (χ2v) is 3.83. The first-order valence-electron chi connectivity index (χ1n) is 5.27. The molecule has 0 saturated carbocycles. The number of rotatable bonds is 3. The van der Waals surface area contributed by atoms with Crippen LogP contribution in [0, 0.1) is 10.1 Å². The standard InChI is InChI=1S/C11H9NO7/c1-5(17-6(2)13)7-3-8(12(15)16)10-9(4-7)18-11(14)19-10/h3-5H,1-2H3. The lowest BCUT2D eigenvalue weighted by Crippen LogP contribution is -2.05. The van der Waals surface area contributed by atoms with Crippen molar-refractivity contribution >= 4 is 22.8 Å². The normalized spacial score (nSPS) is 12.3. The van der Waals surface area contributed by atoms with E-state index in [2.05, 4.69) is 8.83 Å². The Bertz CT molecular complexity index is 711. The largest absolute Gasteiger partial charge is 0.519 e. The number of esters is 1. The Morgan fingerprint density at radius 3 is 2.68 bits per heavy atom. The maximum atomic E-state index is 11.0. The molecule has 0 fully saturated rings. The second kappa shape index (κ2) is 4.56. The number of carbonyl (C=O) groups is 1. The van der Waals surface area contributed by atoms with Gasteiger partial charge in [0.2, 0.25) is 0 Å². The van der Waals surface area contributed by atoms with Crippen LogP contribution in [0.2, 0.25) is 0 Å². The van der Waals surface area contributed by atoms with Gasteiger partial charge in [0.15, 0.2) is 5.58 Å². The molecule has 0 bridgehead atoms. The van der Waals surface area contributed by atoms with Crippen LogP contribution in [0.5, 0.6) is 0 Å². The molecule has 1 aromatic carbocycles. The third-order valence-electron chi connectivity index (χ3n) is 2.45. The molecule has 8 nitrogen and oxygen atoms in total. The van der Waals surface area contributed by atoms with Gasteiger partial charge in [-0.25, -0.2) is 4.79 Å². The summed E-state index contributed by atoms with van der Waals surface area (Å²) in [7, 11) is 0. The van der Waals surface area contributed by atoms with Gasteiger partial charge in [-0.05, 0) is 13.0 Å². The summed E-state index contributed by atoms with van der Waals surface area (Å²) in [6.45, 7) is 2.77. The molecule has 0 aliphatic heterocycles. The molecule has 0 aliphatic carbocycles. The van der Waals surface area contributed by atoms with E-state index < -0.39 is 28.5 Å². The van der Waals surface area contributed by atoms with Gasteiger partial charge in [0.25, 0.3) is 5.58 Å². The Morgan fingerprint density at radius 2 is 2.11 bits per heavy atom. The molecule has 1 aromatic heterocycles. The first-order chi connectivity index (χ1) is 8.88. The highest BCUT2D eigenvalue weighted by Crippen LogP contribution is 2.30. The van der Waals surface area contributed by atoms with Crippen LogP contribution in [0.25, 0.3) is 11.2 Å². The number of hydrogen-bond donors (Lipinski definition) is 0. The Kier molecular flexibility index (Phi) is 3.07. The molecular weight excluding hydrogens is 258 g/mol. The van der Waals surface area contributed by atoms with Gasteiger partial charge in [-0.1, -0.05) is 0 Å². The molecule has 0 amide bonds. The van der Waals surface area contributed by atoms with Crippen LogP contribution in [-0.4, -0.2) is 10.9 Å². The Balaban J connectivity index is 2.60. The van der Waals surface area contributed by atoms with Crippen LogP contribution in [-0.2, 0) is 9.53 Å². The third kappa shape index (κ3) is 2.46. The number of carbonyl (C=O) groups excluding carboxylic acids is 1. The van der Waals surface area contributed by atoms with Crippen LogP contribution < -0.4 is 5.82 Å². The van der Waals surface area contributed by atoms with E-state index in [0.717, 1.165) is 0 Å². The van der Waals surface area contributed by atoms with E-state index in [1.54, 1.807) is 6.92 Å². The minimum atomic E-state index is -1.03. The molecule has 100 valence electrons. The molecule has 1 heterocycles. The zero-order chi connectivity index (χ0) is 14.2. The van der Waals surface area contributed by atoms with Crippen LogP contribution in [0.15, 0.2) is 25.8 Å².